The summed E-state index contributed by atoms with van der Waals surface area (Å²) in [6.45, 7) is 2.85. The van der Waals surface area contributed by atoms with Gasteiger partial charge in [0, 0.05) is 12.0 Å². The second-order valence-corrected chi connectivity index (χ2v) is 5.27. The van der Waals surface area contributed by atoms with Crippen LogP contribution in [0.4, 0.5) is 0 Å². The quantitative estimate of drug-likeness (QED) is 0.676. The van der Waals surface area contributed by atoms with E-state index in [9.17, 15) is 0 Å². The van der Waals surface area contributed by atoms with E-state index in [2.05, 4.69) is 37.6 Å². The lowest BCUT2D eigenvalue weighted by atomic mass is 10.1. The van der Waals surface area contributed by atoms with Gasteiger partial charge in [0.1, 0.15) is 12.2 Å². The molecule has 22 heavy (non-hydrogen) atoms. The van der Waals surface area contributed by atoms with Crippen LogP contribution in [-0.4, -0.2) is 35.4 Å². The highest BCUT2D eigenvalue weighted by atomic mass is 15.5. The Hall–Kier alpha value is -2.57. The van der Waals surface area contributed by atoms with Crippen molar-refractivity contribution in [3.8, 4) is 11.4 Å². The number of tetrazole rings is 1. The predicted octanol–water partition coefficient (Wildman–Crippen LogP) is 2.24. The first-order valence-electron chi connectivity index (χ1n) is 7.56. The first-order valence-corrected chi connectivity index (χ1v) is 7.56. The van der Waals surface area contributed by atoms with E-state index in [4.69, 9.17) is 0 Å². The Bertz CT molecular complexity index is 685. The standard InChI is InChI=1S/C15H19N7/c1-2-3-4-5-14-17-15(19-18-14)13-8-6-12(7-9-13)10-22-11-16-20-21-22/h6-9,11H,2-5,10H2,1H3,(H,17,18,19). The molecule has 114 valence electrons. The first kappa shape index (κ1) is 14.4. The van der Waals surface area contributed by atoms with Crippen LogP contribution in [0.25, 0.3) is 11.4 Å². The van der Waals surface area contributed by atoms with Crippen LogP contribution in [0.3, 0.4) is 0 Å². The molecule has 0 amide bonds. The van der Waals surface area contributed by atoms with Gasteiger partial charge in [-0.15, -0.1) is 5.10 Å². The minimum atomic E-state index is 0.656. The maximum absolute atomic E-state index is 4.55. The number of rotatable bonds is 7. The summed E-state index contributed by atoms with van der Waals surface area (Å²) in [4.78, 5) is 4.55. The fourth-order valence-electron chi connectivity index (χ4n) is 2.28. The lowest BCUT2D eigenvalue weighted by Crippen LogP contribution is -2.00. The SMILES string of the molecule is CCCCCc1nc(-c2ccc(Cn3cnnn3)cc2)n[nH]1. The molecule has 0 aliphatic carbocycles. The molecule has 3 aromatic rings. The van der Waals surface area contributed by atoms with E-state index in [1.165, 1.54) is 12.8 Å². The van der Waals surface area contributed by atoms with Crippen LogP contribution in [0.2, 0.25) is 0 Å². The summed E-state index contributed by atoms with van der Waals surface area (Å²) in [6.07, 6.45) is 6.14. The van der Waals surface area contributed by atoms with Gasteiger partial charge >= 0.3 is 0 Å². The van der Waals surface area contributed by atoms with Gasteiger partial charge in [0.15, 0.2) is 5.82 Å². The highest BCUT2D eigenvalue weighted by Crippen LogP contribution is 2.16. The third-order valence-corrected chi connectivity index (χ3v) is 3.50. The van der Waals surface area contributed by atoms with Crippen molar-refractivity contribution in [3.05, 3.63) is 42.0 Å². The van der Waals surface area contributed by atoms with Crippen molar-refractivity contribution >= 4 is 0 Å². The van der Waals surface area contributed by atoms with Gasteiger partial charge in [-0.3, -0.25) is 5.10 Å². The molecule has 0 aliphatic heterocycles. The van der Waals surface area contributed by atoms with Gasteiger partial charge in [-0.05, 0) is 22.4 Å². The maximum atomic E-state index is 4.55. The van der Waals surface area contributed by atoms with E-state index in [-0.39, 0.29) is 0 Å². The van der Waals surface area contributed by atoms with Crippen molar-refractivity contribution in [2.24, 2.45) is 0 Å². The van der Waals surface area contributed by atoms with Crippen LogP contribution in [0.1, 0.15) is 37.6 Å². The number of nitrogens with one attached hydrogen (secondary N) is 1. The number of benzene rings is 1. The molecule has 7 heteroatoms. The molecule has 0 unspecified atom stereocenters. The number of H-pyrrole nitrogens is 1. The summed E-state index contributed by atoms with van der Waals surface area (Å²) in [5, 5.41) is 18.4. The fourth-order valence-corrected chi connectivity index (χ4v) is 2.28. The van der Waals surface area contributed by atoms with E-state index >= 15 is 0 Å². The zero-order valence-corrected chi connectivity index (χ0v) is 12.6. The van der Waals surface area contributed by atoms with Crippen LogP contribution >= 0.6 is 0 Å². The van der Waals surface area contributed by atoms with E-state index in [0.29, 0.717) is 6.54 Å². The number of hydrogen-bond donors (Lipinski definition) is 1. The number of aromatic amines is 1. The van der Waals surface area contributed by atoms with E-state index in [1.54, 1.807) is 11.0 Å². The van der Waals surface area contributed by atoms with Gasteiger partial charge in [-0.1, -0.05) is 44.0 Å². The lowest BCUT2D eigenvalue weighted by Gasteiger charge is -2.01. The monoisotopic (exact) mass is 297 g/mol. The second kappa shape index (κ2) is 6.93. The molecule has 3 rings (SSSR count). The van der Waals surface area contributed by atoms with Gasteiger partial charge in [-0.2, -0.15) is 5.10 Å². The van der Waals surface area contributed by atoms with Crippen LogP contribution in [0, 0.1) is 0 Å². The van der Waals surface area contributed by atoms with Crippen LogP contribution in [0.5, 0.6) is 0 Å². The molecule has 1 aromatic carbocycles. The van der Waals surface area contributed by atoms with Gasteiger partial charge < -0.3 is 0 Å². The molecular formula is C15H19N7. The van der Waals surface area contributed by atoms with Crippen LogP contribution < -0.4 is 0 Å². The topological polar surface area (TPSA) is 85.2 Å². The Labute approximate surface area is 128 Å². The summed E-state index contributed by atoms with van der Waals surface area (Å²) in [5.74, 6) is 1.71. The molecular weight excluding hydrogens is 278 g/mol. The molecule has 0 saturated heterocycles. The predicted molar refractivity (Wildman–Crippen MR) is 82.0 cm³/mol. The Morgan fingerprint density at radius 2 is 2.00 bits per heavy atom. The fraction of sp³-hybridized carbons (Fsp3) is 0.400. The summed E-state index contributed by atoms with van der Waals surface area (Å²) in [7, 11) is 0. The molecule has 2 heterocycles. The summed E-state index contributed by atoms with van der Waals surface area (Å²) < 4.78 is 1.69. The van der Waals surface area contributed by atoms with E-state index in [0.717, 1.165) is 35.6 Å². The number of hydrogen-bond acceptors (Lipinski definition) is 5. The van der Waals surface area contributed by atoms with Crippen LogP contribution in [-0.2, 0) is 13.0 Å². The zero-order chi connectivity index (χ0) is 15.2. The summed E-state index contributed by atoms with van der Waals surface area (Å²) in [5.41, 5.74) is 2.15. The number of nitrogens with zero attached hydrogens (tertiary/aromatic N) is 6. The van der Waals surface area contributed by atoms with Crippen molar-refractivity contribution in [1.29, 1.82) is 0 Å². The minimum absolute atomic E-state index is 0.656. The average Bonchev–Trinajstić information content (AvgIpc) is 3.20. The highest BCUT2D eigenvalue weighted by Gasteiger charge is 2.06. The molecule has 0 radical (unpaired) electrons. The Kier molecular flexibility index (Phi) is 4.53. The largest absolute Gasteiger partial charge is 0.263 e. The first-order chi connectivity index (χ1) is 10.8. The van der Waals surface area contributed by atoms with Crippen LogP contribution in [0.15, 0.2) is 30.6 Å². The number of aryl methyl sites for hydroxylation is 1. The van der Waals surface area contributed by atoms with Gasteiger partial charge in [-0.25, -0.2) is 9.67 Å². The number of unbranched alkanes of at least 4 members (excludes halogenated alkanes) is 2. The molecule has 0 bridgehead atoms. The molecule has 2 aromatic heterocycles. The molecule has 0 saturated carbocycles. The lowest BCUT2D eigenvalue weighted by molar-refractivity contribution is 0.648. The van der Waals surface area contributed by atoms with Gasteiger partial charge in [0.25, 0.3) is 0 Å². The molecule has 0 spiro atoms. The molecule has 0 aliphatic rings. The highest BCUT2D eigenvalue weighted by molar-refractivity contribution is 5.54. The van der Waals surface area contributed by atoms with Crippen molar-refractivity contribution in [1.82, 2.24) is 35.4 Å². The summed E-state index contributed by atoms with van der Waals surface area (Å²) in [6, 6.07) is 8.14. The van der Waals surface area contributed by atoms with Crippen molar-refractivity contribution in [2.75, 3.05) is 0 Å². The van der Waals surface area contributed by atoms with E-state index in [1.807, 2.05) is 24.3 Å². The molecule has 0 atom stereocenters. The summed E-state index contributed by atoms with van der Waals surface area (Å²) >= 11 is 0. The van der Waals surface area contributed by atoms with Crippen molar-refractivity contribution in [2.45, 2.75) is 39.2 Å². The normalized spacial score (nSPS) is 11.0. The number of aromatic nitrogens is 7. The Morgan fingerprint density at radius 3 is 2.73 bits per heavy atom. The second-order valence-electron chi connectivity index (χ2n) is 5.27. The molecule has 1 N–H and O–H groups in total. The Balaban J connectivity index is 1.65. The Morgan fingerprint density at radius 1 is 1.14 bits per heavy atom. The third kappa shape index (κ3) is 3.55. The third-order valence-electron chi connectivity index (χ3n) is 3.50. The molecule has 0 fully saturated rings. The minimum Gasteiger partial charge on any atom is -0.263 e. The van der Waals surface area contributed by atoms with Crippen molar-refractivity contribution < 1.29 is 0 Å². The average molecular weight is 297 g/mol. The van der Waals surface area contributed by atoms with E-state index < -0.39 is 0 Å². The van der Waals surface area contributed by atoms with Crippen molar-refractivity contribution in [3.63, 3.8) is 0 Å². The van der Waals surface area contributed by atoms with Gasteiger partial charge in [0.05, 0.1) is 6.54 Å². The van der Waals surface area contributed by atoms with Gasteiger partial charge in [0.2, 0.25) is 0 Å². The maximum Gasteiger partial charge on any atom is 0.181 e. The smallest absolute Gasteiger partial charge is 0.181 e. The zero-order valence-electron chi connectivity index (χ0n) is 12.6. The molecule has 7 nitrogen and oxygen atoms in total.